The highest BCUT2D eigenvalue weighted by Crippen LogP contribution is 2.10. The number of nitrogens with one attached hydrogen (secondary N) is 1. The van der Waals surface area contributed by atoms with E-state index in [1.807, 2.05) is 0 Å². The van der Waals surface area contributed by atoms with Gasteiger partial charge in [-0.1, -0.05) is 24.0 Å². The number of carbonyl (C=O) groups excluding carboxylic acids is 2. The van der Waals surface area contributed by atoms with Gasteiger partial charge in [0.25, 0.3) is 0 Å². The number of rotatable bonds is 3. The largest absolute Gasteiger partial charge is 0.444 e. The summed E-state index contributed by atoms with van der Waals surface area (Å²) >= 11 is 0. The van der Waals surface area contributed by atoms with Crippen molar-refractivity contribution < 1.29 is 18.7 Å². The molecule has 112 valence electrons. The molecule has 0 aromatic heterocycles. The summed E-state index contributed by atoms with van der Waals surface area (Å²) in [6.07, 6.45) is 0.363. The number of carbonyl (C=O) groups is 2. The van der Waals surface area contributed by atoms with Crippen LogP contribution in [0.2, 0.25) is 0 Å². The van der Waals surface area contributed by atoms with Gasteiger partial charge in [0.2, 0.25) is 0 Å². The Morgan fingerprint density at radius 3 is 2.76 bits per heavy atom. The van der Waals surface area contributed by atoms with E-state index >= 15 is 0 Å². The van der Waals surface area contributed by atoms with E-state index in [9.17, 15) is 14.0 Å². The number of hydrogen-bond donors (Lipinski definition) is 1. The van der Waals surface area contributed by atoms with E-state index in [-0.39, 0.29) is 17.7 Å². The molecule has 0 saturated heterocycles. The fraction of sp³-hybridized carbons (Fsp3) is 0.375. The maximum absolute atomic E-state index is 13.5. The number of halogens is 1. The van der Waals surface area contributed by atoms with E-state index in [1.165, 1.54) is 18.2 Å². The molecule has 0 unspecified atom stereocenters. The van der Waals surface area contributed by atoms with E-state index in [2.05, 4.69) is 17.2 Å². The predicted molar refractivity (Wildman–Crippen MR) is 77.5 cm³/mol. The van der Waals surface area contributed by atoms with Crippen LogP contribution in [0.4, 0.5) is 9.18 Å². The van der Waals surface area contributed by atoms with Gasteiger partial charge in [0, 0.05) is 18.5 Å². The maximum atomic E-state index is 13.5. The molecule has 0 aliphatic rings. The molecular weight excluding hydrogens is 273 g/mol. The van der Waals surface area contributed by atoms with Crippen molar-refractivity contribution in [2.45, 2.75) is 32.8 Å². The lowest BCUT2D eigenvalue weighted by Gasteiger charge is -2.19. The molecule has 21 heavy (non-hydrogen) atoms. The van der Waals surface area contributed by atoms with Crippen molar-refractivity contribution in [2.75, 3.05) is 6.54 Å². The van der Waals surface area contributed by atoms with Crippen LogP contribution in [-0.4, -0.2) is 24.5 Å². The molecule has 0 atom stereocenters. The summed E-state index contributed by atoms with van der Waals surface area (Å²) in [4.78, 5) is 22.1. The summed E-state index contributed by atoms with van der Waals surface area (Å²) in [5.74, 6) is 4.79. The monoisotopic (exact) mass is 291 g/mol. The third-order valence-electron chi connectivity index (χ3n) is 2.30. The van der Waals surface area contributed by atoms with Crippen molar-refractivity contribution >= 4 is 12.4 Å². The van der Waals surface area contributed by atoms with Gasteiger partial charge >= 0.3 is 6.09 Å². The molecule has 1 amide bonds. The first-order valence-corrected chi connectivity index (χ1v) is 6.53. The molecule has 0 radical (unpaired) electrons. The van der Waals surface area contributed by atoms with Crippen molar-refractivity contribution in [1.82, 2.24) is 5.32 Å². The molecule has 1 N–H and O–H groups in total. The Hall–Kier alpha value is -2.35. The van der Waals surface area contributed by atoms with Gasteiger partial charge in [0.15, 0.2) is 6.29 Å². The average molecular weight is 291 g/mol. The zero-order chi connectivity index (χ0) is 15.9. The van der Waals surface area contributed by atoms with Crippen LogP contribution in [-0.2, 0) is 4.74 Å². The van der Waals surface area contributed by atoms with Gasteiger partial charge in [-0.2, -0.15) is 0 Å². The van der Waals surface area contributed by atoms with E-state index in [0.29, 0.717) is 12.7 Å². The Labute approximate surface area is 123 Å². The summed E-state index contributed by atoms with van der Waals surface area (Å²) < 4.78 is 18.6. The molecule has 1 aromatic rings. The molecule has 5 heteroatoms. The number of ether oxygens (including phenoxy) is 1. The third kappa shape index (κ3) is 6.09. The van der Waals surface area contributed by atoms with Crippen LogP contribution < -0.4 is 5.32 Å². The Bertz CT molecular complexity index is 579. The Morgan fingerprint density at radius 2 is 2.14 bits per heavy atom. The van der Waals surface area contributed by atoms with Crippen molar-refractivity contribution in [2.24, 2.45) is 0 Å². The van der Waals surface area contributed by atoms with Gasteiger partial charge in [0.05, 0.1) is 5.56 Å². The highest BCUT2D eigenvalue weighted by molar-refractivity contribution is 5.79. The Balaban J connectivity index is 2.51. The number of amides is 1. The first-order chi connectivity index (χ1) is 9.83. The molecule has 4 nitrogen and oxygen atoms in total. The quantitative estimate of drug-likeness (QED) is 0.529. The third-order valence-corrected chi connectivity index (χ3v) is 2.30. The number of alkyl carbamates (subject to hydrolysis) is 1. The Kier molecular flexibility index (Phi) is 5.92. The smallest absolute Gasteiger partial charge is 0.407 e. The lowest BCUT2D eigenvalue weighted by molar-refractivity contribution is 0.0529. The topological polar surface area (TPSA) is 55.4 Å². The molecule has 0 aliphatic carbocycles. The lowest BCUT2D eigenvalue weighted by atomic mass is 10.1. The summed E-state index contributed by atoms with van der Waals surface area (Å²) in [7, 11) is 0. The van der Waals surface area contributed by atoms with E-state index < -0.39 is 17.5 Å². The molecule has 0 aliphatic heterocycles. The van der Waals surface area contributed by atoms with Crippen molar-refractivity contribution in [1.29, 1.82) is 0 Å². The van der Waals surface area contributed by atoms with E-state index in [1.54, 1.807) is 20.8 Å². The summed E-state index contributed by atoms with van der Waals surface area (Å²) in [5, 5.41) is 2.54. The van der Waals surface area contributed by atoms with Crippen LogP contribution in [0.25, 0.3) is 0 Å². The highest BCUT2D eigenvalue weighted by atomic mass is 19.1. The predicted octanol–water partition coefficient (Wildman–Crippen LogP) is 2.90. The van der Waals surface area contributed by atoms with E-state index in [0.717, 1.165) is 0 Å². The van der Waals surface area contributed by atoms with Gasteiger partial charge in [-0.05, 0) is 26.8 Å². The second-order valence-electron chi connectivity index (χ2n) is 5.30. The fourth-order valence-corrected chi connectivity index (χ4v) is 1.46. The number of benzene rings is 1. The van der Waals surface area contributed by atoms with Crippen LogP contribution >= 0.6 is 0 Å². The standard InChI is InChI=1S/C16H18FNO3/c1-16(2,3)21-15(20)18-10-5-4-8-13-12(11-19)7-6-9-14(13)17/h6-7,9,11H,5,10H2,1-3H3,(H,18,20). The minimum absolute atomic E-state index is 0.0739. The van der Waals surface area contributed by atoms with Crippen molar-refractivity contribution in [3.8, 4) is 11.8 Å². The summed E-state index contributed by atoms with van der Waals surface area (Å²) in [6, 6.07) is 4.20. The second kappa shape index (κ2) is 7.44. The molecule has 0 fully saturated rings. The minimum atomic E-state index is -0.554. The molecule has 0 heterocycles. The molecular formula is C16H18FNO3. The first-order valence-electron chi connectivity index (χ1n) is 6.53. The molecule has 1 rings (SSSR count). The van der Waals surface area contributed by atoms with Gasteiger partial charge in [-0.25, -0.2) is 9.18 Å². The zero-order valence-corrected chi connectivity index (χ0v) is 12.3. The summed E-state index contributed by atoms with van der Waals surface area (Å²) in [6.45, 7) is 5.59. The SMILES string of the molecule is CC(C)(C)OC(=O)NCCC#Cc1c(F)cccc1C=O. The van der Waals surface area contributed by atoms with Gasteiger partial charge in [0.1, 0.15) is 11.4 Å². The number of hydrogen-bond acceptors (Lipinski definition) is 3. The minimum Gasteiger partial charge on any atom is -0.444 e. The second-order valence-corrected chi connectivity index (χ2v) is 5.30. The maximum Gasteiger partial charge on any atom is 0.407 e. The molecule has 1 aromatic carbocycles. The normalized spacial score (nSPS) is 10.3. The van der Waals surface area contributed by atoms with Crippen LogP contribution in [0.1, 0.15) is 43.1 Å². The fourth-order valence-electron chi connectivity index (χ4n) is 1.46. The van der Waals surface area contributed by atoms with Crippen LogP contribution in [0.15, 0.2) is 18.2 Å². The van der Waals surface area contributed by atoms with Crippen molar-refractivity contribution in [3.63, 3.8) is 0 Å². The highest BCUT2D eigenvalue weighted by Gasteiger charge is 2.15. The van der Waals surface area contributed by atoms with Gasteiger partial charge in [-0.3, -0.25) is 4.79 Å². The molecule has 0 spiro atoms. The van der Waals surface area contributed by atoms with Crippen LogP contribution in [0.3, 0.4) is 0 Å². The summed E-state index contributed by atoms with van der Waals surface area (Å²) in [5.41, 5.74) is -0.269. The molecule has 0 bridgehead atoms. The Morgan fingerprint density at radius 1 is 1.43 bits per heavy atom. The van der Waals surface area contributed by atoms with Crippen molar-refractivity contribution in [3.05, 3.63) is 35.1 Å². The van der Waals surface area contributed by atoms with E-state index in [4.69, 9.17) is 4.74 Å². The lowest BCUT2D eigenvalue weighted by Crippen LogP contribution is -2.32. The molecule has 0 saturated carbocycles. The average Bonchev–Trinajstić information content (AvgIpc) is 2.37. The van der Waals surface area contributed by atoms with Crippen LogP contribution in [0.5, 0.6) is 0 Å². The zero-order valence-electron chi connectivity index (χ0n) is 12.3. The van der Waals surface area contributed by atoms with Gasteiger partial charge < -0.3 is 10.1 Å². The van der Waals surface area contributed by atoms with Gasteiger partial charge in [-0.15, -0.1) is 0 Å². The first kappa shape index (κ1) is 16.7. The number of aldehydes is 1. The van der Waals surface area contributed by atoms with Crippen LogP contribution in [0, 0.1) is 17.7 Å².